The summed E-state index contributed by atoms with van der Waals surface area (Å²) in [5.74, 6) is -0.769. The first kappa shape index (κ1) is 18.1. The average Bonchev–Trinajstić information content (AvgIpc) is 3.22. The lowest BCUT2D eigenvalue weighted by Crippen LogP contribution is -2.24. The lowest BCUT2D eigenvalue weighted by atomic mass is 10.2. The quantitative estimate of drug-likeness (QED) is 0.506. The fourth-order valence-corrected chi connectivity index (χ4v) is 4.23. The van der Waals surface area contributed by atoms with Gasteiger partial charge in [-0.15, -0.1) is 11.3 Å². The number of aryl methyl sites for hydroxylation is 1. The summed E-state index contributed by atoms with van der Waals surface area (Å²) in [6.45, 7) is 0.384. The molecule has 0 spiro atoms. The highest BCUT2D eigenvalue weighted by Gasteiger charge is 2.19. The molecule has 1 aromatic carbocycles. The zero-order chi connectivity index (χ0) is 19.8. The molecule has 28 heavy (non-hydrogen) atoms. The van der Waals surface area contributed by atoms with E-state index in [2.05, 4.69) is 10.1 Å². The Balaban J connectivity index is 1.77. The second kappa shape index (κ2) is 7.01. The predicted octanol–water partition coefficient (Wildman–Crippen LogP) is 2.72. The molecule has 0 unspecified atom stereocenters. The van der Waals surface area contributed by atoms with Gasteiger partial charge in [-0.25, -0.2) is 14.1 Å². The topological polar surface area (TPSA) is 103 Å². The fourth-order valence-electron chi connectivity index (χ4n) is 3.11. The number of hydrogen-bond acceptors (Lipinski definition) is 6. The first-order chi connectivity index (χ1) is 13.5. The lowest BCUT2D eigenvalue weighted by molar-refractivity contribution is 0.644. The molecule has 0 amide bonds. The molecular formula is C19H17FN6OS. The van der Waals surface area contributed by atoms with Crippen LogP contribution in [0.3, 0.4) is 0 Å². The van der Waals surface area contributed by atoms with Gasteiger partial charge in [0.25, 0.3) is 5.56 Å². The lowest BCUT2D eigenvalue weighted by Gasteiger charge is -2.05. The predicted molar refractivity (Wildman–Crippen MR) is 109 cm³/mol. The molecule has 4 aromatic rings. The summed E-state index contributed by atoms with van der Waals surface area (Å²) < 4.78 is 17.4. The zero-order valence-corrected chi connectivity index (χ0v) is 15.8. The number of rotatable bonds is 5. The van der Waals surface area contributed by atoms with Crippen LogP contribution in [0.1, 0.15) is 10.6 Å². The van der Waals surface area contributed by atoms with Crippen LogP contribution in [0.5, 0.6) is 0 Å². The largest absolute Gasteiger partial charge is 0.402 e. The number of benzene rings is 1. The van der Waals surface area contributed by atoms with Crippen molar-refractivity contribution in [3.63, 3.8) is 0 Å². The number of nitrogens with two attached hydrogens (primary N) is 1. The normalized spacial score (nSPS) is 12.1. The number of nitrogens with one attached hydrogen (secondary N) is 1. The molecule has 3 aromatic heterocycles. The first-order valence-corrected chi connectivity index (χ1v) is 9.34. The minimum Gasteiger partial charge on any atom is -0.402 e. The number of nitrogens with zero attached hydrogens (tertiary/aromatic N) is 4. The van der Waals surface area contributed by atoms with Crippen molar-refractivity contribution in [2.45, 2.75) is 13.0 Å². The van der Waals surface area contributed by atoms with Gasteiger partial charge in [0, 0.05) is 25.1 Å². The molecule has 3 heterocycles. The van der Waals surface area contributed by atoms with Crippen molar-refractivity contribution in [2.75, 3.05) is 0 Å². The highest BCUT2D eigenvalue weighted by molar-refractivity contribution is 7.19. The highest BCUT2D eigenvalue weighted by Crippen LogP contribution is 2.31. The van der Waals surface area contributed by atoms with Gasteiger partial charge in [0.1, 0.15) is 10.5 Å². The van der Waals surface area contributed by atoms with Crippen LogP contribution >= 0.6 is 11.3 Å². The van der Waals surface area contributed by atoms with Gasteiger partial charge in [0.15, 0.2) is 11.5 Å². The van der Waals surface area contributed by atoms with E-state index in [1.54, 1.807) is 17.8 Å². The maximum atomic E-state index is 13.4. The van der Waals surface area contributed by atoms with E-state index < -0.39 is 5.83 Å². The van der Waals surface area contributed by atoms with Crippen molar-refractivity contribution in [3.8, 4) is 0 Å². The van der Waals surface area contributed by atoms with Crippen LogP contribution in [0.15, 0.2) is 53.4 Å². The van der Waals surface area contributed by atoms with Crippen LogP contribution < -0.4 is 11.3 Å². The summed E-state index contributed by atoms with van der Waals surface area (Å²) in [7, 11) is 1.77. The third kappa shape index (κ3) is 2.99. The van der Waals surface area contributed by atoms with Crippen LogP contribution in [-0.4, -0.2) is 25.0 Å². The molecule has 0 aliphatic heterocycles. The molecule has 3 N–H and O–H groups in total. The Bertz CT molecular complexity index is 1280. The van der Waals surface area contributed by atoms with E-state index in [-0.39, 0.29) is 17.7 Å². The number of fused-ring (bicyclic) bond motifs is 3. The third-order valence-corrected chi connectivity index (χ3v) is 5.59. The molecule has 142 valence electrons. The molecular weight excluding hydrogens is 379 g/mol. The standard InChI is InChI=1S/C19H17FN6OS/c1-25-16-12(9-23-26(19(16)27)10-11-5-3-2-4-6-11)17-18(25)24-15(28-17)7-14(22)13(20)8-21/h2-6,8-9,22H,7,10,21H2,1H3/b13-8+,22-14?. The molecule has 4 rings (SSSR count). The third-order valence-electron chi connectivity index (χ3n) is 4.51. The molecule has 9 heteroatoms. The van der Waals surface area contributed by atoms with Gasteiger partial charge in [-0.1, -0.05) is 30.3 Å². The number of thiazole rings is 1. The van der Waals surface area contributed by atoms with E-state index in [0.717, 1.165) is 16.5 Å². The summed E-state index contributed by atoms with van der Waals surface area (Å²) in [5, 5.41) is 13.3. The molecule has 0 fully saturated rings. The van der Waals surface area contributed by atoms with E-state index in [9.17, 15) is 9.18 Å². The van der Waals surface area contributed by atoms with Crippen molar-refractivity contribution in [2.24, 2.45) is 12.8 Å². The fraction of sp³-hybridized carbons (Fsp3) is 0.158. The van der Waals surface area contributed by atoms with Gasteiger partial charge >= 0.3 is 0 Å². The summed E-state index contributed by atoms with van der Waals surface area (Å²) in [6, 6.07) is 9.65. The van der Waals surface area contributed by atoms with E-state index in [4.69, 9.17) is 11.1 Å². The van der Waals surface area contributed by atoms with Gasteiger partial charge in [-0.2, -0.15) is 5.10 Å². The van der Waals surface area contributed by atoms with Crippen molar-refractivity contribution >= 4 is 38.3 Å². The van der Waals surface area contributed by atoms with Crippen molar-refractivity contribution in [1.29, 1.82) is 5.41 Å². The van der Waals surface area contributed by atoms with Crippen LogP contribution in [0.25, 0.3) is 21.3 Å². The molecule has 0 atom stereocenters. The van der Waals surface area contributed by atoms with Gasteiger partial charge in [0.2, 0.25) is 0 Å². The monoisotopic (exact) mass is 396 g/mol. The summed E-state index contributed by atoms with van der Waals surface area (Å²) in [6.07, 6.45) is 2.47. The van der Waals surface area contributed by atoms with E-state index in [0.29, 0.717) is 28.1 Å². The Morgan fingerprint density at radius 2 is 2.11 bits per heavy atom. The Morgan fingerprint density at radius 3 is 2.82 bits per heavy atom. The van der Waals surface area contributed by atoms with Crippen molar-refractivity contribution < 1.29 is 4.39 Å². The van der Waals surface area contributed by atoms with Crippen molar-refractivity contribution in [1.82, 2.24) is 19.3 Å². The molecule has 0 bridgehead atoms. The summed E-state index contributed by atoms with van der Waals surface area (Å²) in [4.78, 5) is 17.5. The van der Waals surface area contributed by atoms with Crippen LogP contribution in [0, 0.1) is 5.41 Å². The van der Waals surface area contributed by atoms with Crippen LogP contribution in [0.4, 0.5) is 4.39 Å². The molecule has 0 radical (unpaired) electrons. The minimum atomic E-state index is -0.769. The molecule has 0 aliphatic carbocycles. The second-order valence-corrected chi connectivity index (χ2v) is 7.43. The zero-order valence-electron chi connectivity index (χ0n) is 15.0. The van der Waals surface area contributed by atoms with Crippen LogP contribution in [-0.2, 0) is 20.0 Å². The number of aromatic nitrogens is 4. The Morgan fingerprint density at radius 1 is 1.36 bits per heavy atom. The van der Waals surface area contributed by atoms with E-state index in [1.165, 1.54) is 16.0 Å². The average molecular weight is 396 g/mol. The SMILES string of the molecule is Cn1c2nc(CC(=N)/C(F)=C\N)sc2c2cnn(Cc3ccccc3)c(=O)c21. The van der Waals surface area contributed by atoms with Gasteiger partial charge in [-0.05, 0) is 5.56 Å². The van der Waals surface area contributed by atoms with Gasteiger partial charge in [0.05, 0.1) is 23.2 Å². The smallest absolute Gasteiger partial charge is 0.291 e. The Hall–Kier alpha value is -3.33. The number of allylic oxidation sites excluding steroid dienone is 1. The van der Waals surface area contributed by atoms with Crippen LogP contribution in [0.2, 0.25) is 0 Å². The second-order valence-electron chi connectivity index (χ2n) is 6.34. The molecule has 0 saturated heterocycles. The summed E-state index contributed by atoms with van der Waals surface area (Å²) >= 11 is 1.33. The van der Waals surface area contributed by atoms with E-state index in [1.807, 2.05) is 30.3 Å². The van der Waals surface area contributed by atoms with Crippen molar-refractivity contribution in [3.05, 3.63) is 69.5 Å². The number of hydrogen-bond donors (Lipinski definition) is 2. The minimum absolute atomic E-state index is 0.0406. The van der Waals surface area contributed by atoms with Gasteiger partial charge in [-0.3, -0.25) is 4.79 Å². The van der Waals surface area contributed by atoms with E-state index >= 15 is 0 Å². The Kier molecular flexibility index (Phi) is 4.52. The maximum absolute atomic E-state index is 13.4. The number of halogens is 1. The summed E-state index contributed by atoms with van der Waals surface area (Å²) in [5.41, 5.74) is 6.83. The maximum Gasteiger partial charge on any atom is 0.291 e. The Labute approximate surface area is 163 Å². The first-order valence-electron chi connectivity index (χ1n) is 8.52. The molecule has 0 aliphatic rings. The highest BCUT2D eigenvalue weighted by atomic mass is 32.1. The van der Waals surface area contributed by atoms with Gasteiger partial charge < -0.3 is 15.7 Å². The molecule has 7 nitrogen and oxygen atoms in total. The molecule has 0 saturated carbocycles.